The summed E-state index contributed by atoms with van der Waals surface area (Å²) in [6, 6.07) is 12.3. The van der Waals surface area contributed by atoms with Crippen LogP contribution >= 0.6 is 0 Å². The summed E-state index contributed by atoms with van der Waals surface area (Å²) in [6.45, 7) is 0.165. The molecule has 0 saturated heterocycles. The number of rotatable bonds is 7. The van der Waals surface area contributed by atoms with Gasteiger partial charge in [0.25, 0.3) is 0 Å². The fourth-order valence-electron chi connectivity index (χ4n) is 2.16. The number of anilines is 1. The molecule has 0 aliphatic carbocycles. The number of hydrogen-bond acceptors (Lipinski definition) is 6. The fraction of sp³-hybridized carbons (Fsp3) is 0.118. The Labute approximate surface area is 152 Å². The molecular formula is C17H14FN5O4. The second kappa shape index (κ2) is 8.04. The van der Waals surface area contributed by atoms with Crippen LogP contribution in [0.2, 0.25) is 0 Å². The molecule has 0 unspecified atom stereocenters. The number of carbonyl (C=O) groups excluding carboxylic acids is 1. The third-order valence-electron chi connectivity index (χ3n) is 3.44. The highest BCUT2D eigenvalue weighted by atomic mass is 19.1. The van der Waals surface area contributed by atoms with E-state index in [2.05, 4.69) is 15.4 Å². The van der Waals surface area contributed by atoms with Crippen molar-refractivity contribution in [3.05, 3.63) is 70.8 Å². The molecule has 1 heterocycles. The Bertz CT molecular complexity index is 941. The van der Waals surface area contributed by atoms with Crippen molar-refractivity contribution in [2.75, 3.05) is 5.32 Å². The predicted octanol–water partition coefficient (Wildman–Crippen LogP) is 3.15. The predicted molar refractivity (Wildman–Crippen MR) is 92.8 cm³/mol. The van der Waals surface area contributed by atoms with Crippen molar-refractivity contribution in [2.24, 2.45) is 0 Å². The summed E-state index contributed by atoms with van der Waals surface area (Å²) in [7, 11) is 0. The Hall–Kier alpha value is -3.82. The van der Waals surface area contributed by atoms with Crippen LogP contribution in [0.5, 0.6) is 11.5 Å². The SMILES string of the molecule is O=C(CCn1cnc([N+](=O)[O-])n1)Nc1ccc(Oc2ccc(F)cc2)cc1. The second-order valence-electron chi connectivity index (χ2n) is 5.44. The van der Waals surface area contributed by atoms with Crippen molar-refractivity contribution in [1.29, 1.82) is 0 Å². The summed E-state index contributed by atoms with van der Waals surface area (Å²) in [5, 5.41) is 16.8. The van der Waals surface area contributed by atoms with Crippen LogP contribution in [0.4, 0.5) is 16.0 Å². The summed E-state index contributed by atoms with van der Waals surface area (Å²) < 4.78 is 19.7. The van der Waals surface area contributed by atoms with Crippen molar-refractivity contribution in [2.45, 2.75) is 13.0 Å². The van der Waals surface area contributed by atoms with E-state index in [0.717, 1.165) is 0 Å². The van der Waals surface area contributed by atoms with E-state index in [4.69, 9.17) is 4.74 Å². The highest BCUT2D eigenvalue weighted by Gasteiger charge is 2.13. The van der Waals surface area contributed by atoms with Gasteiger partial charge in [-0.15, -0.1) is 0 Å². The van der Waals surface area contributed by atoms with E-state index in [9.17, 15) is 19.3 Å². The third-order valence-corrected chi connectivity index (χ3v) is 3.44. The summed E-state index contributed by atoms with van der Waals surface area (Å²) >= 11 is 0. The lowest BCUT2D eigenvalue weighted by Gasteiger charge is -2.08. The summed E-state index contributed by atoms with van der Waals surface area (Å²) in [4.78, 5) is 25.3. The molecule has 1 N–H and O–H groups in total. The van der Waals surface area contributed by atoms with Gasteiger partial charge >= 0.3 is 5.95 Å². The van der Waals surface area contributed by atoms with Gasteiger partial charge in [0.05, 0.1) is 6.54 Å². The topological polar surface area (TPSA) is 112 Å². The van der Waals surface area contributed by atoms with Gasteiger partial charge in [0.1, 0.15) is 17.3 Å². The second-order valence-corrected chi connectivity index (χ2v) is 5.44. The van der Waals surface area contributed by atoms with Crippen molar-refractivity contribution >= 4 is 17.5 Å². The Morgan fingerprint density at radius 2 is 1.78 bits per heavy atom. The molecule has 9 nitrogen and oxygen atoms in total. The van der Waals surface area contributed by atoms with Crippen LogP contribution in [0.15, 0.2) is 54.9 Å². The van der Waals surface area contributed by atoms with Gasteiger partial charge < -0.3 is 20.2 Å². The van der Waals surface area contributed by atoms with Gasteiger partial charge in [0.2, 0.25) is 12.2 Å². The smallest absolute Gasteiger partial charge is 0.457 e. The first-order chi connectivity index (χ1) is 13.0. The lowest BCUT2D eigenvalue weighted by atomic mass is 10.3. The third kappa shape index (κ3) is 5.08. The van der Waals surface area contributed by atoms with Crippen LogP contribution in [0.1, 0.15) is 6.42 Å². The number of nitrogens with zero attached hydrogens (tertiary/aromatic N) is 4. The molecular weight excluding hydrogens is 357 g/mol. The highest BCUT2D eigenvalue weighted by molar-refractivity contribution is 5.90. The maximum absolute atomic E-state index is 12.9. The molecule has 0 aliphatic rings. The van der Waals surface area contributed by atoms with Gasteiger partial charge in [-0.3, -0.25) is 4.79 Å². The summed E-state index contributed by atoms with van der Waals surface area (Å²) in [6.07, 6.45) is 1.28. The van der Waals surface area contributed by atoms with Crippen molar-refractivity contribution in [1.82, 2.24) is 14.8 Å². The first-order valence-corrected chi connectivity index (χ1v) is 7.87. The van der Waals surface area contributed by atoms with Crippen LogP contribution in [0.25, 0.3) is 0 Å². The molecule has 0 bridgehead atoms. The highest BCUT2D eigenvalue weighted by Crippen LogP contribution is 2.23. The maximum atomic E-state index is 12.9. The van der Waals surface area contributed by atoms with E-state index in [-0.39, 0.29) is 24.7 Å². The molecule has 0 spiro atoms. The molecule has 27 heavy (non-hydrogen) atoms. The molecule has 2 aromatic carbocycles. The average molecular weight is 371 g/mol. The number of ether oxygens (including phenoxy) is 1. The number of carbonyl (C=O) groups is 1. The van der Waals surface area contributed by atoms with Gasteiger partial charge in [0.15, 0.2) is 0 Å². The molecule has 0 radical (unpaired) electrons. The van der Waals surface area contributed by atoms with Gasteiger partial charge in [-0.05, 0) is 53.5 Å². The summed E-state index contributed by atoms with van der Waals surface area (Å²) in [5.74, 6) is -0.0990. The van der Waals surface area contributed by atoms with Crippen molar-refractivity contribution < 1.29 is 18.8 Å². The standard InChI is InChI=1S/C17H14FN5O4/c18-12-1-5-14(6-2-12)27-15-7-3-13(4-8-15)20-16(24)9-10-22-11-19-17(21-22)23(25)26/h1-8,11H,9-10H2,(H,20,24). The van der Waals surface area contributed by atoms with E-state index in [1.165, 1.54) is 35.3 Å². The normalized spacial score (nSPS) is 10.4. The van der Waals surface area contributed by atoms with Gasteiger partial charge in [0, 0.05) is 17.2 Å². The zero-order chi connectivity index (χ0) is 19.2. The number of amides is 1. The monoisotopic (exact) mass is 371 g/mol. The number of benzene rings is 2. The number of nitrogens with one attached hydrogen (secondary N) is 1. The Kier molecular flexibility index (Phi) is 5.36. The minimum atomic E-state index is -0.702. The maximum Gasteiger partial charge on any atom is 0.490 e. The Balaban J connectivity index is 1.50. The largest absolute Gasteiger partial charge is 0.490 e. The molecule has 1 aromatic heterocycles. The van der Waals surface area contributed by atoms with Gasteiger partial charge in [-0.1, -0.05) is 4.98 Å². The number of aromatic nitrogens is 3. The van der Waals surface area contributed by atoms with Crippen molar-refractivity contribution in [3.8, 4) is 11.5 Å². The Morgan fingerprint density at radius 3 is 2.37 bits per heavy atom. The van der Waals surface area contributed by atoms with Crippen LogP contribution < -0.4 is 10.1 Å². The lowest BCUT2D eigenvalue weighted by molar-refractivity contribution is -0.394. The van der Waals surface area contributed by atoms with Crippen LogP contribution in [0, 0.1) is 15.9 Å². The van der Waals surface area contributed by atoms with E-state index in [1.54, 1.807) is 24.3 Å². The number of aryl methyl sites for hydroxylation is 1. The van der Waals surface area contributed by atoms with E-state index >= 15 is 0 Å². The zero-order valence-corrected chi connectivity index (χ0v) is 13.9. The molecule has 138 valence electrons. The molecule has 0 aliphatic heterocycles. The van der Waals surface area contributed by atoms with Crippen LogP contribution in [-0.2, 0) is 11.3 Å². The molecule has 10 heteroatoms. The number of nitro groups is 1. The van der Waals surface area contributed by atoms with E-state index in [1.807, 2.05) is 0 Å². The van der Waals surface area contributed by atoms with Gasteiger partial charge in [-0.25, -0.2) is 4.39 Å². The molecule has 1 amide bonds. The average Bonchev–Trinajstić information content (AvgIpc) is 3.13. The zero-order valence-electron chi connectivity index (χ0n) is 13.9. The quantitative estimate of drug-likeness (QED) is 0.504. The van der Waals surface area contributed by atoms with E-state index < -0.39 is 10.9 Å². The molecule has 0 atom stereocenters. The van der Waals surface area contributed by atoms with E-state index in [0.29, 0.717) is 17.2 Å². The summed E-state index contributed by atoms with van der Waals surface area (Å²) in [5.41, 5.74) is 0.566. The first kappa shape index (κ1) is 18.0. The van der Waals surface area contributed by atoms with Crippen molar-refractivity contribution in [3.63, 3.8) is 0 Å². The number of halogens is 1. The van der Waals surface area contributed by atoms with Gasteiger partial charge in [-0.2, -0.15) is 4.68 Å². The minimum absolute atomic E-state index is 0.0777. The van der Waals surface area contributed by atoms with Crippen LogP contribution in [-0.4, -0.2) is 25.6 Å². The number of hydrogen-bond donors (Lipinski definition) is 1. The molecule has 0 fully saturated rings. The molecule has 0 saturated carbocycles. The minimum Gasteiger partial charge on any atom is -0.457 e. The Morgan fingerprint density at radius 1 is 1.15 bits per heavy atom. The molecule has 3 aromatic rings. The van der Waals surface area contributed by atoms with Crippen LogP contribution in [0.3, 0.4) is 0 Å². The lowest BCUT2D eigenvalue weighted by Crippen LogP contribution is -2.14. The first-order valence-electron chi connectivity index (χ1n) is 7.87. The fourth-order valence-corrected chi connectivity index (χ4v) is 2.16. The molecule has 3 rings (SSSR count).